The number of benzene rings is 2. The average molecular weight is 487 g/mol. The van der Waals surface area contributed by atoms with Crippen LogP contribution < -0.4 is 4.74 Å². The van der Waals surface area contributed by atoms with Crippen LogP contribution in [0.5, 0.6) is 11.5 Å². The van der Waals surface area contributed by atoms with Crippen LogP contribution in [-0.4, -0.2) is 61.9 Å². The van der Waals surface area contributed by atoms with Gasteiger partial charge in [0.15, 0.2) is 0 Å². The number of phenols is 1. The van der Waals surface area contributed by atoms with Crippen LogP contribution in [0, 0.1) is 11.8 Å². The van der Waals surface area contributed by atoms with E-state index in [1.54, 1.807) is 43.5 Å². The number of ether oxygens (including phenoxy) is 1. The first-order valence-electron chi connectivity index (χ1n) is 12.1. The standard InChI is InChI=1S/C26H34N2O5S/c1-33-24-8-10-25(11-9-24)34(31,32)28-18-14-22(15-19-28)26(30)27-16-12-21(13-17-27)3-2-20-4-6-23(29)7-5-20/h4-11,21-22,29H,2-3,12-19H2,1H3. The summed E-state index contributed by atoms with van der Waals surface area (Å²) in [7, 11) is -2.01. The molecular formula is C26H34N2O5S. The molecule has 184 valence electrons. The molecule has 2 aromatic rings. The summed E-state index contributed by atoms with van der Waals surface area (Å²) in [5.74, 6) is 1.59. The predicted octanol–water partition coefficient (Wildman–Crippen LogP) is 3.67. The van der Waals surface area contributed by atoms with Gasteiger partial charge in [0, 0.05) is 32.1 Å². The van der Waals surface area contributed by atoms with Crippen molar-refractivity contribution in [2.75, 3.05) is 33.3 Å². The molecule has 0 saturated carbocycles. The molecule has 8 heteroatoms. The number of methoxy groups -OCH3 is 1. The number of carbonyl (C=O) groups excluding carboxylic acids is 1. The lowest BCUT2D eigenvalue weighted by Crippen LogP contribution is -2.46. The summed E-state index contributed by atoms with van der Waals surface area (Å²) in [5, 5.41) is 9.41. The zero-order valence-electron chi connectivity index (χ0n) is 19.7. The van der Waals surface area contributed by atoms with E-state index >= 15 is 0 Å². The fourth-order valence-electron chi connectivity index (χ4n) is 4.97. The Morgan fingerprint density at radius 1 is 0.941 bits per heavy atom. The molecule has 1 amide bonds. The fourth-order valence-corrected chi connectivity index (χ4v) is 6.44. The molecule has 2 fully saturated rings. The van der Waals surface area contributed by atoms with Crippen LogP contribution in [0.25, 0.3) is 0 Å². The van der Waals surface area contributed by atoms with Crippen LogP contribution in [0.1, 0.15) is 37.7 Å². The minimum Gasteiger partial charge on any atom is -0.508 e. The number of hydrogen-bond donors (Lipinski definition) is 1. The molecule has 2 aromatic carbocycles. The Morgan fingerprint density at radius 3 is 2.15 bits per heavy atom. The van der Waals surface area contributed by atoms with Gasteiger partial charge in [0.1, 0.15) is 11.5 Å². The van der Waals surface area contributed by atoms with Crippen LogP contribution in [0.15, 0.2) is 53.4 Å². The summed E-state index contributed by atoms with van der Waals surface area (Å²) in [6.45, 7) is 2.30. The summed E-state index contributed by atoms with van der Waals surface area (Å²) >= 11 is 0. The number of sulfonamides is 1. The monoisotopic (exact) mass is 486 g/mol. The van der Waals surface area contributed by atoms with E-state index in [-0.39, 0.29) is 16.7 Å². The molecule has 0 aliphatic carbocycles. The second kappa shape index (κ2) is 10.8. The third-order valence-electron chi connectivity index (χ3n) is 7.20. The van der Waals surface area contributed by atoms with Crippen LogP contribution in [-0.2, 0) is 21.2 Å². The lowest BCUT2D eigenvalue weighted by Gasteiger charge is -2.37. The number of nitrogens with zero attached hydrogens (tertiary/aromatic N) is 2. The van der Waals surface area contributed by atoms with E-state index in [2.05, 4.69) is 0 Å². The normalized spacial score (nSPS) is 18.7. The van der Waals surface area contributed by atoms with Crippen LogP contribution in [0.4, 0.5) is 0 Å². The van der Waals surface area contributed by atoms with Gasteiger partial charge >= 0.3 is 0 Å². The SMILES string of the molecule is COc1ccc(S(=O)(=O)N2CCC(C(=O)N3CCC(CCc4ccc(O)cc4)CC3)CC2)cc1. The zero-order chi connectivity index (χ0) is 24.1. The molecule has 0 bridgehead atoms. The Labute approximate surface area is 202 Å². The number of amides is 1. The maximum atomic E-state index is 13.1. The maximum absolute atomic E-state index is 13.1. The highest BCUT2D eigenvalue weighted by atomic mass is 32.2. The average Bonchev–Trinajstić information content (AvgIpc) is 2.88. The first kappa shape index (κ1) is 24.5. The molecule has 1 N–H and O–H groups in total. The van der Waals surface area contributed by atoms with Crippen molar-refractivity contribution in [2.45, 2.75) is 43.4 Å². The number of likely N-dealkylation sites (tertiary alicyclic amines) is 1. The van der Waals surface area contributed by atoms with Gasteiger partial charge in [0.2, 0.25) is 15.9 Å². The lowest BCUT2D eigenvalue weighted by molar-refractivity contribution is -0.138. The summed E-state index contributed by atoms with van der Waals surface area (Å²) < 4.78 is 32.5. The first-order chi connectivity index (χ1) is 16.4. The summed E-state index contributed by atoms with van der Waals surface area (Å²) in [6.07, 6.45) is 5.22. The number of rotatable bonds is 7. The number of aromatic hydroxyl groups is 1. The Bertz CT molecular complexity index is 1050. The first-order valence-corrected chi connectivity index (χ1v) is 13.5. The number of piperidine rings is 2. The minimum absolute atomic E-state index is 0.101. The van der Waals surface area contributed by atoms with E-state index in [0.29, 0.717) is 43.3 Å². The second-order valence-corrected chi connectivity index (χ2v) is 11.3. The van der Waals surface area contributed by atoms with Crippen molar-refractivity contribution in [3.05, 3.63) is 54.1 Å². The van der Waals surface area contributed by atoms with Crippen molar-refractivity contribution in [3.8, 4) is 11.5 Å². The third-order valence-corrected chi connectivity index (χ3v) is 9.12. The molecule has 2 aliphatic heterocycles. The molecule has 2 aliphatic rings. The van der Waals surface area contributed by atoms with E-state index in [1.165, 1.54) is 9.87 Å². The summed E-state index contributed by atoms with van der Waals surface area (Å²) in [5.41, 5.74) is 1.23. The lowest BCUT2D eigenvalue weighted by atomic mass is 9.89. The van der Waals surface area contributed by atoms with Gasteiger partial charge in [-0.1, -0.05) is 12.1 Å². The molecular weight excluding hydrogens is 452 g/mol. The molecule has 4 rings (SSSR count). The van der Waals surface area contributed by atoms with E-state index < -0.39 is 10.0 Å². The van der Waals surface area contributed by atoms with Gasteiger partial charge in [-0.3, -0.25) is 4.79 Å². The molecule has 0 spiro atoms. The van der Waals surface area contributed by atoms with Gasteiger partial charge in [-0.15, -0.1) is 0 Å². The Hall–Kier alpha value is -2.58. The van der Waals surface area contributed by atoms with Gasteiger partial charge in [0.05, 0.1) is 12.0 Å². The number of hydrogen-bond acceptors (Lipinski definition) is 5. The third kappa shape index (κ3) is 5.73. The van der Waals surface area contributed by atoms with Gasteiger partial charge in [-0.2, -0.15) is 4.31 Å². The predicted molar refractivity (Wildman–Crippen MR) is 130 cm³/mol. The number of aryl methyl sites for hydroxylation is 1. The molecule has 7 nitrogen and oxygen atoms in total. The minimum atomic E-state index is -3.56. The van der Waals surface area contributed by atoms with Crippen LogP contribution >= 0.6 is 0 Å². The topological polar surface area (TPSA) is 87.2 Å². The van der Waals surface area contributed by atoms with E-state index in [4.69, 9.17) is 4.74 Å². The largest absolute Gasteiger partial charge is 0.508 e. The Morgan fingerprint density at radius 2 is 1.56 bits per heavy atom. The van der Waals surface area contributed by atoms with Gasteiger partial charge in [-0.25, -0.2) is 8.42 Å². The fraction of sp³-hybridized carbons (Fsp3) is 0.500. The van der Waals surface area contributed by atoms with Crippen LogP contribution in [0.2, 0.25) is 0 Å². The second-order valence-electron chi connectivity index (χ2n) is 9.33. The highest BCUT2D eigenvalue weighted by Gasteiger charge is 2.34. The molecule has 0 aromatic heterocycles. The van der Waals surface area contributed by atoms with Crippen molar-refractivity contribution < 1.29 is 23.1 Å². The van der Waals surface area contributed by atoms with Crippen molar-refractivity contribution in [1.82, 2.24) is 9.21 Å². The Kier molecular flexibility index (Phi) is 7.78. The molecule has 0 radical (unpaired) electrons. The van der Waals surface area contributed by atoms with Crippen molar-refractivity contribution in [1.29, 1.82) is 0 Å². The highest BCUT2D eigenvalue weighted by Crippen LogP contribution is 2.29. The molecule has 0 unspecified atom stereocenters. The van der Waals surface area contributed by atoms with Gasteiger partial charge in [0.25, 0.3) is 0 Å². The highest BCUT2D eigenvalue weighted by molar-refractivity contribution is 7.89. The number of carbonyl (C=O) groups is 1. The van der Waals surface area contributed by atoms with Crippen molar-refractivity contribution in [3.63, 3.8) is 0 Å². The maximum Gasteiger partial charge on any atom is 0.243 e. The molecule has 34 heavy (non-hydrogen) atoms. The van der Waals surface area contributed by atoms with E-state index in [1.807, 2.05) is 17.0 Å². The van der Waals surface area contributed by atoms with E-state index in [9.17, 15) is 18.3 Å². The summed E-state index contributed by atoms with van der Waals surface area (Å²) in [4.78, 5) is 15.3. The molecule has 2 saturated heterocycles. The van der Waals surface area contributed by atoms with Gasteiger partial charge < -0.3 is 14.7 Å². The molecule has 2 heterocycles. The van der Waals surface area contributed by atoms with Crippen LogP contribution in [0.3, 0.4) is 0 Å². The quantitative estimate of drug-likeness (QED) is 0.645. The Balaban J connectivity index is 1.23. The van der Waals surface area contributed by atoms with Crippen molar-refractivity contribution >= 4 is 15.9 Å². The molecule has 0 atom stereocenters. The van der Waals surface area contributed by atoms with E-state index in [0.717, 1.165) is 38.8 Å². The van der Waals surface area contributed by atoms with Crippen molar-refractivity contribution in [2.24, 2.45) is 11.8 Å². The smallest absolute Gasteiger partial charge is 0.243 e. The zero-order valence-corrected chi connectivity index (χ0v) is 20.5. The van der Waals surface area contributed by atoms with Gasteiger partial charge in [-0.05, 0) is 86.4 Å². The number of phenolic OH excluding ortho intramolecular Hbond substituents is 1. The summed E-state index contributed by atoms with van der Waals surface area (Å²) in [6, 6.07) is 13.8.